The Morgan fingerprint density at radius 2 is 1.35 bits per heavy atom. The van der Waals surface area contributed by atoms with Gasteiger partial charge >= 0.3 is 0 Å². The molecule has 0 bridgehead atoms. The van der Waals surface area contributed by atoms with Gasteiger partial charge in [-0.25, -0.2) is 0 Å². The first kappa shape index (κ1) is 18.4. The van der Waals surface area contributed by atoms with E-state index >= 15 is 0 Å². The van der Waals surface area contributed by atoms with Crippen LogP contribution in [0.1, 0.15) is 18.1 Å². The molecule has 2 aromatic rings. The molecule has 3 rings (SSSR count). The van der Waals surface area contributed by atoms with Gasteiger partial charge in [-0.1, -0.05) is 24.3 Å². The van der Waals surface area contributed by atoms with Gasteiger partial charge in [0.2, 0.25) is 0 Å². The Balaban J connectivity index is 1.45. The second-order valence-corrected chi connectivity index (χ2v) is 6.55. The highest BCUT2D eigenvalue weighted by molar-refractivity contribution is 5.32. The van der Waals surface area contributed by atoms with Crippen LogP contribution in [0.2, 0.25) is 0 Å². The number of hydrogen-bond acceptors (Lipinski definition) is 5. The van der Waals surface area contributed by atoms with E-state index in [1.54, 1.807) is 12.1 Å². The number of nitrogens with zero attached hydrogens (tertiary/aromatic N) is 3. The van der Waals surface area contributed by atoms with Gasteiger partial charge in [0.15, 0.2) is 0 Å². The van der Waals surface area contributed by atoms with Gasteiger partial charge in [0.05, 0.1) is 11.5 Å². The summed E-state index contributed by atoms with van der Waals surface area (Å²) in [6.45, 7) is 8.55. The molecule has 0 aromatic heterocycles. The zero-order valence-corrected chi connectivity index (χ0v) is 15.1. The number of ether oxygens (including phenoxy) is 1. The molecule has 0 N–H and O–H groups in total. The lowest BCUT2D eigenvalue weighted by molar-refractivity contribution is -0.384. The van der Waals surface area contributed by atoms with Crippen molar-refractivity contribution >= 4 is 5.69 Å². The zero-order valence-electron chi connectivity index (χ0n) is 15.1. The Hall–Kier alpha value is -2.44. The van der Waals surface area contributed by atoms with Crippen LogP contribution in [0.5, 0.6) is 5.75 Å². The topological polar surface area (TPSA) is 58.8 Å². The highest BCUT2D eigenvalue weighted by Gasteiger charge is 2.17. The molecule has 1 aliphatic heterocycles. The summed E-state index contributed by atoms with van der Waals surface area (Å²) >= 11 is 0. The lowest BCUT2D eigenvalue weighted by atomic mass is 10.1. The first-order valence-electron chi connectivity index (χ1n) is 9.04. The van der Waals surface area contributed by atoms with E-state index in [2.05, 4.69) is 21.9 Å². The molecular formula is C20H25N3O3. The SMILES string of the molecule is CCOc1ccc(CN2CCN(Cc3ccc([N+](=O)[O-])cc3)CC2)cc1. The quantitative estimate of drug-likeness (QED) is 0.563. The van der Waals surface area contributed by atoms with Gasteiger partial charge in [-0.05, 0) is 30.2 Å². The van der Waals surface area contributed by atoms with Gasteiger partial charge in [0.1, 0.15) is 5.75 Å². The highest BCUT2D eigenvalue weighted by atomic mass is 16.6. The van der Waals surface area contributed by atoms with Crippen molar-refractivity contribution in [3.05, 3.63) is 69.8 Å². The summed E-state index contributed by atoms with van der Waals surface area (Å²) in [4.78, 5) is 15.2. The largest absolute Gasteiger partial charge is 0.494 e. The third kappa shape index (κ3) is 5.03. The first-order valence-corrected chi connectivity index (χ1v) is 9.04. The Labute approximate surface area is 154 Å². The summed E-state index contributed by atoms with van der Waals surface area (Å²) in [5.74, 6) is 0.921. The van der Waals surface area contributed by atoms with E-state index in [1.165, 1.54) is 5.56 Å². The molecule has 2 aromatic carbocycles. The standard InChI is InChI=1S/C20H25N3O3/c1-2-26-20-9-5-18(6-10-20)16-22-13-11-21(12-14-22)15-17-3-7-19(8-4-17)23(24)25/h3-10H,2,11-16H2,1H3. The maximum atomic E-state index is 10.7. The Morgan fingerprint density at radius 3 is 1.77 bits per heavy atom. The Morgan fingerprint density at radius 1 is 0.885 bits per heavy atom. The predicted octanol–water partition coefficient (Wildman–Crippen LogP) is 3.31. The third-order valence-corrected chi connectivity index (χ3v) is 4.66. The molecule has 1 saturated heterocycles. The number of non-ortho nitro benzene ring substituents is 1. The van der Waals surface area contributed by atoms with Crippen molar-refractivity contribution in [1.29, 1.82) is 0 Å². The summed E-state index contributed by atoms with van der Waals surface area (Å²) < 4.78 is 5.48. The minimum atomic E-state index is -0.358. The van der Waals surface area contributed by atoms with Crippen LogP contribution < -0.4 is 4.74 Å². The lowest BCUT2D eigenvalue weighted by Gasteiger charge is -2.34. The molecule has 1 heterocycles. The fourth-order valence-electron chi connectivity index (χ4n) is 3.20. The Kier molecular flexibility index (Phi) is 6.20. The van der Waals surface area contributed by atoms with E-state index in [1.807, 2.05) is 31.2 Å². The molecule has 1 fully saturated rings. The second kappa shape index (κ2) is 8.78. The summed E-state index contributed by atoms with van der Waals surface area (Å²) in [6, 6.07) is 15.2. The van der Waals surface area contributed by atoms with Gasteiger partial charge in [0, 0.05) is 51.4 Å². The van der Waals surface area contributed by atoms with E-state index < -0.39 is 0 Å². The number of rotatable bonds is 7. The lowest BCUT2D eigenvalue weighted by Crippen LogP contribution is -2.45. The normalized spacial score (nSPS) is 15.7. The van der Waals surface area contributed by atoms with Gasteiger partial charge in [-0.2, -0.15) is 0 Å². The number of benzene rings is 2. The summed E-state index contributed by atoms with van der Waals surface area (Å²) in [5.41, 5.74) is 2.57. The summed E-state index contributed by atoms with van der Waals surface area (Å²) in [7, 11) is 0. The van der Waals surface area contributed by atoms with Gasteiger partial charge in [-0.15, -0.1) is 0 Å². The monoisotopic (exact) mass is 355 g/mol. The van der Waals surface area contributed by atoms with Crippen molar-refractivity contribution in [2.24, 2.45) is 0 Å². The van der Waals surface area contributed by atoms with Crippen molar-refractivity contribution < 1.29 is 9.66 Å². The molecule has 6 nitrogen and oxygen atoms in total. The van der Waals surface area contributed by atoms with E-state index in [0.29, 0.717) is 6.61 Å². The van der Waals surface area contributed by atoms with Crippen LogP contribution in [0.25, 0.3) is 0 Å². The van der Waals surface area contributed by atoms with Crippen molar-refractivity contribution in [3.8, 4) is 5.75 Å². The molecule has 6 heteroatoms. The third-order valence-electron chi connectivity index (χ3n) is 4.66. The molecule has 0 radical (unpaired) electrons. The second-order valence-electron chi connectivity index (χ2n) is 6.55. The number of hydrogen-bond donors (Lipinski definition) is 0. The molecule has 1 aliphatic rings. The summed E-state index contributed by atoms with van der Waals surface area (Å²) in [5, 5.41) is 10.7. The molecule has 0 aliphatic carbocycles. The maximum Gasteiger partial charge on any atom is 0.269 e. The van der Waals surface area contributed by atoms with Gasteiger partial charge < -0.3 is 4.74 Å². The van der Waals surface area contributed by atoms with Crippen LogP contribution in [0.15, 0.2) is 48.5 Å². The van der Waals surface area contributed by atoms with Crippen LogP contribution in [-0.2, 0) is 13.1 Å². The fourth-order valence-corrected chi connectivity index (χ4v) is 3.20. The van der Waals surface area contributed by atoms with Gasteiger partial charge in [0.25, 0.3) is 5.69 Å². The number of nitro benzene ring substituents is 1. The van der Waals surface area contributed by atoms with Gasteiger partial charge in [-0.3, -0.25) is 19.9 Å². The van der Waals surface area contributed by atoms with Crippen molar-refractivity contribution in [1.82, 2.24) is 9.80 Å². The van der Waals surface area contributed by atoms with E-state index in [4.69, 9.17) is 4.74 Å². The van der Waals surface area contributed by atoms with Crippen LogP contribution in [0.3, 0.4) is 0 Å². The fraction of sp³-hybridized carbons (Fsp3) is 0.400. The highest BCUT2D eigenvalue weighted by Crippen LogP contribution is 2.17. The molecule has 0 unspecified atom stereocenters. The molecule has 0 saturated carbocycles. The average molecular weight is 355 g/mol. The van der Waals surface area contributed by atoms with Crippen LogP contribution in [0, 0.1) is 10.1 Å². The molecule has 138 valence electrons. The smallest absolute Gasteiger partial charge is 0.269 e. The van der Waals surface area contributed by atoms with E-state index in [9.17, 15) is 10.1 Å². The number of nitro groups is 1. The summed E-state index contributed by atoms with van der Waals surface area (Å²) in [6.07, 6.45) is 0. The first-order chi connectivity index (χ1) is 12.6. The van der Waals surface area contributed by atoms with Crippen LogP contribution in [0.4, 0.5) is 5.69 Å². The van der Waals surface area contributed by atoms with Crippen molar-refractivity contribution in [2.45, 2.75) is 20.0 Å². The molecular weight excluding hydrogens is 330 g/mol. The molecule has 26 heavy (non-hydrogen) atoms. The number of piperazine rings is 1. The van der Waals surface area contributed by atoms with E-state index in [0.717, 1.165) is 50.6 Å². The Bertz CT molecular complexity index is 708. The average Bonchev–Trinajstić information content (AvgIpc) is 2.66. The molecule has 0 atom stereocenters. The molecule has 0 spiro atoms. The maximum absolute atomic E-state index is 10.7. The minimum Gasteiger partial charge on any atom is -0.494 e. The van der Waals surface area contributed by atoms with Crippen molar-refractivity contribution in [2.75, 3.05) is 32.8 Å². The van der Waals surface area contributed by atoms with Crippen LogP contribution in [-0.4, -0.2) is 47.5 Å². The van der Waals surface area contributed by atoms with Crippen molar-refractivity contribution in [3.63, 3.8) is 0 Å². The minimum absolute atomic E-state index is 0.147. The van der Waals surface area contributed by atoms with Crippen LogP contribution >= 0.6 is 0 Å². The zero-order chi connectivity index (χ0) is 18.4. The van der Waals surface area contributed by atoms with E-state index in [-0.39, 0.29) is 10.6 Å². The molecule has 0 amide bonds. The predicted molar refractivity (Wildman–Crippen MR) is 101 cm³/mol.